The molecule has 2 nitrogen and oxygen atoms in total. The first kappa shape index (κ1) is 13.6. The third-order valence-corrected chi connectivity index (χ3v) is 4.41. The van der Waals surface area contributed by atoms with Crippen LogP contribution in [-0.4, -0.2) is 18.3 Å². The molecule has 3 heteroatoms. The van der Waals surface area contributed by atoms with Crippen LogP contribution in [0, 0.1) is 0 Å². The summed E-state index contributed by atoms with van der Waals surface area (Å²) in [6.07, 6.45) is 5.18. The minimum absolute atomic E-state index is 0.299. The van der Waals surface area contributed by atoms with Crippen LogP contribution in [0.15, 0.2) is 35.9 Å². The van der Waals surface area contributed by atoms with Gasteiger partial charge in [0.2, 0.25) is 0 Å². The zero-order valence-electron chi connectivity index (χ0n) is 12.0. The van der Waals surface area contributed by atoms with E-state index in [0.29, 0.717) is 0 Å². The van der Waals surface area contributed by atoms with Gasteiger partial charge in [0.1, 0.15) is 0 Å². The Labute approximate surface area is 111 Å². The molecular weight excluding hydrogens is 223 g/mol. The van der Waals surface area contributed by atoms with E-state index in [0.717, 1.165) is 18.3 Å². The Morgan fingerprint density at radius 3 is 2.11 bits per heavy atom. The van der Waals surface area contributed by atoms with Gasteiger partial charge in [-0.15, -0.1) is 0 Å². The second kappa shape index (κ2) is 4.39. The summed E-state index contributed by atoms with van der Waals surface area (Å²) < 4.78 is 12.2. The number of hydrogen-bond donors (Lipinski definition) is 0. The fraction of sp³-hybridized carbons (Fsp3) is 0.600. The maximum absolute atomic E-state index is 6.09. The first-order valence-electron chi connectivity index (χ1n) is 6.68. The molecule has 98 valence electrons. The summed E-state index contributed by atoms with van der Waals surface area (Å²) in [7, 11) is -0.308. The van der Waals surface area contributed by atoms with Gasteiger partial charge in [-0.3, -0.25) is 0 Å². The van der Waals surface area contributed by atoms with Crippen molar-refractivity contribution in [1.82, 2.24) is 0 Å². The fourth-order valence-corrected chi connectivity index (χ4v) is 2.49. The van der Waals surface area contributed by atoms with Gasteiger partial charge < -0.3 is 9.31 Å². The highest BCUT2D eigenvalue weighted by molar-refractivity contribution is 6.56. The minimum atomic E-state index is -0.308. The Morgan fingerprint density at radius 2 is 1.72 bits per heavy atom. The second-order valence-electron chi connectivity index (χ2n) is 6.18. The Morgan fingerprint density at radius 1 is 1.17 bits per heavy atom. The van der Waals surface area contributed by atoms with E-state index in [9.17, 15) is 0 Å². The van der Waals surface area contributed by atoms with Crippen molar-refractivity contribution in [2.24, 2.45) is 0 Å². The lowest BCUT2D eigenvalue weighted by Crippen LogP contribution is -2.41. The van der Waals surface area contributed by atoms with Gasteiger partial charge in [0, 0.05) is 0 Å². The van der Waals surface area contributed by atoms with E-state index in [2.05, 4.69) is 40.9 Å². The molecule has 0 unspecified atom stereocenters. The van der Waals surface area contributed by atoms with Gasteiger partial charge >= 0.3 is 7.12 Å². The lowest BCUT2D eigenvalue weighted by atomic mass is 9.74. The van der Waals surface area contributed by atoms with Crippen LogP contribution in [0.2, 0.25) is 0 Å². The molecule has 18 heavy (non-hydrogen) atoms. The summed E-state index contributed by atoms with van der Waals surface area (Å²) >= 11 is 0. The van der Waals surface area contributed by atoms with E-state index in [-0.39, 0.29) is 18.3 Å². The van der Waals surface area contributed by atoms with Crippen molar-refractivity contribution >= 4 is 7.12 Å². The highest BCUT2D eigenvalue weighted by Crippen LogP contribution is 2.41. The van der Waals surface area contributed by atoms with Gasteiger partial charge in [-0.25, -0.2) is 0 Å². The molecule has 0 aromatic carbocycles. The molecule has 1 aliphatic carbocycles. The summed E-state index contributed by atoms with van der Waals surface area (Å²) in [6, 6.07) is 0. The van der Waals surface area contributed by atoms with Crippen LogP contribution in [0.1, 0.15) is 47.0 Å². The Hall–Kier alpha value is -0.795. The summed E-state index contributed by atoms with van der Waals surface area (Å²) in [5.74, 6) is 0. The maximum atomic E-state index is 6.09. The van der Waals surface area contributed by atoms with Crippen molar-refractivity contribution in [1.29, 1.82) is 0 Å². The van der Waals surface area contributed by atoms with Crippen LogP contribution in [-0.2, 0) is 9.31 Å². The highest BCUT2D eigenvalue weighted by atomic mass is 16.7. The van der Waals surface area contributed by atoms with E-state index in [1.165, 1.54) is 17.6 Å². The molecule has 0 atom stereocenters. The van der Waals surface area contributed by atoms with Crippen molar-refractivity contribution in [3.8, 4) is 0 Å². The third-order valence-electron chi connectivity index (χ3n) is 4.41. The Kier molecular flexibility index (Phi) is 3.33. The molecule has 0 spiro atoms. The monoisotopic (exact) mass is 246 g/mol. The normalized spacial score (nSPS) is 28.7. The summed E-state index contributed by atoms with van der Waals surface area (Å²) in [5, 5.41) is 0. The van der Waals surface area contributed by atoms with E-state index in [4.69, 9.17) is 9.31 Å². The van der Waals surface area contributed by atoms with E-state index < -0.39 is 0 Å². The maximum Gasteiger partial charge on any atom is 0.495 e. The predicted octanol–water partition coefficient (Wildman–Crippen LogP) is 3.84. The van der Waals surface area contributed by atoms with Gasteiger partial charge in [-0.05, 0) is 58.0 Å². The molecule has 2 fully saturated rings. The van der Waals surface area contributed by atoms with Gasteiger partial charge in [0.15, 0.2) is 0 Å². The highest BCUT2D eigenvalue weighted by Gasteiger charge is 2.52. The standard InChI is InChI=1S/C15H23BO2/c1-7-13(12-10-8-9-11(12)2)16-17-14(3,4)15(5,6)18-16/h7H,1-2,8-10H2,3-6H3/b13-12+. The topological polar surface area (TPSA) is 18.5 Å². The van der Waals surface area contributed by atoms with Gasteiger partial charge in [0.25, 0.3) is 0 Å². The molecule has 0 aromatic heterocycles. The van der Waals surface area contributed by atoms with Crippen LogP contribution < -0.4 is 0 Å². The van der Waals surface area contributed by atoms with E-state index in [1.807, 2.05) is 6.08 Å². The fourth-order valence-electron chi connectivity index (χ4n) is 2.49. The number of allylic oxidation sites excluding steroid dienone is 4. The minimum Gasteiger partial charge on any atom is -0.399 e. The van der Waals surface area contributed by atoms with Gasteiger partial charge in [-0.1, -0.05) is 24.8 Å². The predicted molar refractivity (Wildman–Crippen MR) is 76.3 cm³/mol. The quantitative estimate of drug-likeness (QED) is 0.689. The molecule has 1 saturated heterocycles. The average molecular weight is 246 g/mol. The molecule has 0 aromatic rings. The van der Waals surface area contributed by atoms with Crippen LogP contribution in [0.3, 0.4) is 0 Å². The molecule has 1 saturated carbocycles. The van der Waals surface area contributed by atoms with Gasteiger partial charge in [-0.2, -0.15) is 0 Å². The van der Waals surface area contributed by atoms with Crippen molar-refractivity contribution in [3.63, 3.8) is 0 Å². The second-order valence-corrected chi connectivity index (χ2v) is 6.18. The SMILES string of the molecule is C=C/C(B1OC(C)(C)C(C)(C)O1)=C1/CCCC1=C. The van der Waals surface area contributed by atoms with Crippen LogP contribution in [0.4, 0.5) is 0 Å². The summed E-state index contributed by atoms with van der Waals surface area (Å²) in [5.41, 5.74) is 2.96. The molecule has 0 N–H and O–H groups in total. The van der Waals surface area contributed by atoms with E-state index in [1.54, 1.807) is 0 Å². The van der Waals surface area contributed by atoms with Crippen LogP contribution in [0.5, 0.6) is 0 Å². The third kappa shape index (κ3) is 2.10. The summed E-state index contributed by atoms with van der Waals surface area (Å²) in [4.78, 5) is 0. The first-order chi connectivity index (χ1) is 8.28. The molecule has 0 radical (unpaired) electrons. The Bertz CT molecular complexity index is 402. The zero-order valence-corrected chi connectivity index (χ0v) is 12.0. The van der Waals surface area contributed by atoms with Crippen molar-refractivity contribution in [2.45, 2.75) is 58.2 Å². The van der Waals surface area contributed by atoms with E-state index >= 15 is 0 Å². The van der Waals surface area contributed by atoms with Crippen molar-refractivity contribution in [2.75, 3.05) is 0 Å². The molecule has 1 aliphatic heterocycles. The lowest BCUT2D eigenvalue weighted by Gasteiger charge is -2.32. The van der Waals surface area contributed by atoms with Crippen LogP contribution >= 0.6 is 0 Å². The zero-order chi connectivity index (χ0) is 13.6. The number of hydrogen-bond acceptors (Lipinski definition) is 2. The summed E-state index contributed by atoms with van der Waals surface area (Å²) in [6.45, 7) is 16.3. The first-order valence-corrected chi connectivity index (χ1v) is 6.68. The molecule has 1 heterocycles. The molecule has 2 rings (SSSR count). The largest absolute Gasteiger partial charge is 0.495 e. The molecule has 0 bridgehead atoms. The van der Waals surface area contributed by atoms with Crippen molar-refractivity contribution < 1.29 is 9.31 Å². The van der Waals surface area contributed by atoms with Crippen molar-refractivity contribution in [3.05, 3.63) is 35.9 Å². The molecular formula is C15H23BO2. The lowest BCUT2D eigenvalue weighted by molar-refractivity contribution is 0.00578. The average Bonchev–Trinajstić information content (AvgIpc) is 2.72. The van der Waals surface area contributed by atoms with Gasteiger partial charge in [0.05, 0.1) is 11.2 Å². The van der Waals surface area contributed by atoms with Crippen LogP contribution in [0.25, 0.3) is 0 Å². The molecule has 2 aliphatic rings. The Balaban J connectivity index is 2.32. The number of rotatable bonds is 2. The molecule has 0 amide bonds. The smallest absolute Gasteiger partial charge is 0.399 e.